The molecule has 2 fully saturated rings. The summed E-state index contributed by atoms with van der Waals surface area (Å²) in [6, 6.07) is 0.699. The second kappa shape index (κ2) is 4.30. The summed E-state index contributed by atoms with van der Waals surface area (Å²) in [5, 5.41) is 7.89. The van der Waals surface area contributed by atoms with Crippen molar-refractivity contribution >= 4 is 5.91 Å². The molecule has 1 amide bonds. The number of amides is 1. The van der Waals surface area contributed by atoms with Crippen LogP contribution in [0.2, 0.25) is 0 Å². The van der Waals surface area contributed by atoms with Crippen LogP contribution in [-0.4, -0.2) is 32.3 Å². The van der Waals surface area contributed by atoms with E-state index < -0.39 is 5.54 Å². The number of primary amides is 1. The summed E-state index contributed by atoms with van der Waals surface area (Å²) in [5.74, 6) is 1.47. The molecule has 2 atom stereocenters. The number of nitrogens with zero attached hydrogens (tertiary/aromatic N) is 3. The van der Waals surface area contributed by atoms with Gasteiger partial charge in [0.1, 0.15) is 11.6 Å². The highest BCUT2D eigenvalue weighted by Gasteiger charge is 2.47. The molecule has 1 aromatic rings. The van der Waals surface area contributed by atoms with Gasteiger partial charge in [-0.05, 0) is 46.0 Å². The van der Waals surface area contributed by atoms with Crippen molar-refractivity contribution in [3.05, 3.63) is 11.6 Å². The Hall–Kier alpha value is -1.43. The van der Waals surface area contributed by atoms with Crippen molar-refractivity contribution in [2.24, 2.45) is 5.73 Å². The first-order valence-corrected chi connectivity index (χ1v) is 6.97. The molecule has 0 aliphatic heterocycles. The average Bonchev–Trinajstić information content (AvgIpc) is 2.92. The van der Waals surface area contributed by atoms with Crippen molar-refractivity contribution in [3.63, 3.8) is 0 Å². The number of aryl methyl sites for hydroxylation is 2. The van der Waals surface area contributed by atoms with E-state index in [0.717, 1.165) is 43.8 Å². The molecule has 104 valence electrons. The number of aromatic nitrogens is 3. The molecule has 0 aromatic carbocycles. The molecule has 2 saturated carbocycles. The number of hydrogen-bond acceptors (Lipinski definition) is 4. The number of nitrogens with two attached hydrogens (primary N) is 1. The van der Waals surface area contributed by atoms with Crippen molar-refractivity contribution in [3.8, 4) is 0 Å². The molecule has 0 bridgehead atoms. The molecule has 19 heavy (non-hydrogen) atoms. The Kier molecular flexibility index (Phi) is 2.85. The van der Waals surface area contributed by atoms with E-state index in [4.69, 9.17) is 5.73 Å². The van der Waals surface area contributed by atoms with Gasteiger partial charge in [0.15, 0.2) is 0 Å². The molecule has 0 saturated heterocycles. The molecule has 6 heteroatoms. The van der Waals surface area contributed by atoms with Gasteiger partial charge >= 0.3 is 0 Å². The van der Waals surface area contributed by atoms with Crippen LogP contribution in [0, 0.1) is 13.8 Å². The summed E-state index contributed by atoms with van der Waals surface area (Å²) in [6.45, 7) is 3.85. The Labute approximate surface area is 112 Å². The normalized spacial score (nSPS) is 30.7. The monoisotopic (exact) mass is 263 g/mol. The third-order valence-corrected chi connectivity index (χ3v) is 4.27. The van der Waals surface area contributed by atoms with Crippen molar-refractivity contribution in [2.45, 2.75) is 63.6 Å². The summed E-state index contributed by atoms with van der Waals surface area (Å²) in [7, 11) is 0. The van der Waals surface area contributed by atoms with Gasteiger partial charge in [0.25, 0.3) is 0 Å². The molecule has 0 spiro atoms. The van der Waals surface area contributed by atoms with Gasteiger partial charge < -0.3 is 11.1 Å². The molecule has 1 heterocycles. The van der Waals surface area contributed by atoms with Gasteiger partial charge in [0.05, 0.1) is 11.6 Å². The van der Waals surface area contributed by atoms with Crippen LogP contribution in [0.1, 0.15) is 49.8 Å². The van der Waals surface area contributed by atoms with Crippen molar-refractivity contribution in [1.29, 1.82) is 0 Å². The van der Waals surface area contributed by atoms with E-state index >= 15 is 0 Å². The van der Waals surface area contributed by atoms with Gasteiger partial charge in [-0.2, -0.15) is 5.10 Å². The Morgan fingerprint density at radius 2 is 2.16 bits per heavy atom. The second-order valence-electron chi connectivity index (χ2n) is 5.91. The molecular weight excluding hydrogens is 242 g/mol. The highest BCUT2D eigenvalue weighted by atomic mass is 16.1. The third-order valence-electron chi connectivity index (χ3n) is 4.27. The maximum absolute atomic E-state index is 11.9. The van der Waals surface area contributed by atoms with Gasteiger partial charge in [0, 0.05) is 6.04 Å². The molecule has 0 radical (unpaired) electrons. The highest BCUT2D eigenvalue weighted by molar-refractivity contribution is 5.85. The lowest BCUT2D eigenvalue weighted by molar-refractivity contribution is -0.124. The number of rotatable bonds is 4. The maximum atomic E-state index is 11.9. The average molecular weight is 263 g/mol. The number of hydrogen-bond donors (Lipinski definition) is 2. The van der Waals surface area contributed by atoms with Crippen LogP contribution in [-0.2, 0) is 4.79 Å². The largest absolute Gasteiger partial charge is 0.368 e. The minimum atomic E-state index is -0.544. The quantitative estimate of drug-likeness (QED) is 0.832. The van der Waals surface area contributed by atoms with Gasteiger partial charge in [-0.1, -0.05) is 0 Å². The standard InChI is InChI=1S/C13H21N5O/c1-8-15-9(2)18(17-8)11-5-6-13(7-11,12(14)19)16-10-3-4-10/h10-11,16H,3-7H2,1-2H3,(H2,14,19). The first-order chi connectivity index (χ1) is 9.00. The zero-order chi connectivity index (χ0) is 13.6. The topological polar surface area (TPSA) is 85.8 Å². The molecule has 2 aliphatic carbocycles. The van der Waals surface area contributed by atoms with Crippen LogP contribution in [0.25, 0.3) is 0 Å². The number of carbonyl (C=O) groups is 1. The van der Waals surface area contributed by atoms with Gasteiger partial charge in [0.2, 0.25) is 5.91 Å². The summed E-state index contributed by atoms with van der Waals surface area (Å²) in [4.78, 5) is 16.2. The first-order valence-electron chi connectivity index (χ1n) is 6.97. The molecule has 2 aliphatic rings. The maximum Gasteiger partial charge on any atom is 0.237 e. The fourth-order valence-corrected chi connectivity index (χ4v) is 3.15. The van der Waals surface area contributed by atoms with Crippen molar-refractivity contribution < 1.29 is 4.79 Å². The molecular formula is C13H21N5O. The lowest BCUT2D eigenvalue weighted by Gasteiger charge is -2.27. The highest BCUT2D eigenvalue weighted by Crippen LogP contribution is 2.40. The first kappa shape index (κ1) is 12.6. The lowest BCUT2D eigenvalue weighted by atomic mass is 9.96. The second-order valence-corrected chi connectivity index (χ2v) is 5.91. The smallest absolute Gasteiger partial charge is 0.237 e. The van der Waals surface area contributed by atoms with E-state index in [1.165, 1.54) is 0 Å². The van der Waals surface area contributed by atoms with Crippen LogP contribution < -0.4 is 11.1 Å². The SMILES string of the molecule is Cc1nc(C)n(C2CCC(NC3CC3)(C(N)=O)C2)n1. The van der Waals surface area contributed by atoms with Crippen LogP contribution >= 0.6 is 0 Å². The van der Waals surface area contributed by atoms with Crippen LogP contribution in [0.3, 0.4) is 0 Å². The van der Waals surface area contributed by atoms with Crippen LogP contribution in [0.15, 0.2) is 0 Å². The summed E-state index contributed by atoms with van der Waals surface area (Å²) < 4.78 is 1.95. The summed E-state index contributed by atoms with van der Waals surface area (Å²) in [6.07, 6.45) is 4.75. The molecule has 1 aromatic heterocycles. The van der Waals surface area contributed by atoms with E-state index in [0.29, 0.717) is 6.04 Å². The van der Waals surface area contributed by atoms with Gasteiger partial charge in [-0.25, -0.2) is 9.67 Å². The number of nitrogens with one attached hydrogen (secondary N) is 1. The van der Waals surface area contributed by atoms with Gasteiger partial charge in [-0.3, -0.25) is 4.79 Å². The van der Waals surface area contributed by atoms with E-state index in [1.54, 1.807) is 0 Å². The third kappa shape index (κ3) is 2.25. The molecule has 3 rings (SSSR count). The minimum absolute atomic E-state index is 0.222. The van der Waals surface area contributed by atoms with Gasteiger partial charge in [-0.15, -0.1) is 0 Å². The van der Waals surface area contributed by atoms with Crippen LogP contribution in [0.4, 0.5) is 0 Å². The Morgan fingerprint density at radius 1 is 1.42 bits per heavy atom. The van der Waals surface area contributed by atoms with Crippen molar-refractivity contribution in [1.82, 2.24) is 20.1 Å². The lowest BCUT2D eigenvalue weighted by Crippen LogP contribution is -2.54. The fraction of sp³-hybridized carbons (Fsp3) is 0.769. The van der Waals surface area contributed by atoms with E-state index in [-0.39, 0.29) is 11.9 Å². The van der Waals surface area contributed by atoms with Crippen LogP contribution in [0.5, 0.6) is 0 Å². The van der Waals surface area contributed by atoms with E-state index in [1.807, 2.05) is 18.5 Å². The Morgan fingerprint density at radius 3 is 2.68 bits per heavy atom. The Bertz CT molecular complexity index is 507. The fourth-order valence-electron chi connectivity index (χ4n) is 3.15. The molecule has 3 N–H and O–H groups in total. The zero-order valence-corrected chi connectivity index (χ0v) is 11.5. The van der Waals surface area contributed by atoms with Crippen molar-refractivity contribution in [2.75, 3.05) is 0 Å². The summed E-state index contributed by atoms with van der Waals surface area (Å²) in [5.41, 5.74) is 5.10. The van der Waals surface area contributed by atoms with E-state index in [9.17, 15) is 4.79 Å². The predicted molar refractivity (Wildman–Crippen MR) is 70.5 cm³/mol. The number of carbonyl (C=O) groups excluding carboxylic acids is 1. The predicted octanol–water partition coefficient (Wildman–Crippen LogP) is 0.596. The summed E-state index contributed by atoms with van der Waals surface area (Å²) >= 11 is 0. The Balaban J connectivity index is 1.80. The molecule has 2 unspecified atom stereocenters. The van der Waals surface area contributed by atoms with E-state index in [2.05, 4.69) is 15.4 Å². The minimum Gasteiger partial charge on any atom is -0.368 e. The molecule has 6 nitrogen and oxygen atoms in total. The zero-order valence-electron chi connectivity index (χ0n) is 11.5.